The Bertz CT molecular complexity index is 831. The molecule has 7 nitrogen and oxygen atoms in total. The number of amides is 2. The normalized spacial score (nSPS) is 19.5. The highest BCUT2D eigenvalue weighted by Crippen LogP contribution is 2.23. The van der Waals surface area contributed by atoms with Gasteiger partial charge in [-0.1, -0.05) is 13.0 Å². The molecule has 8 heteroatoms. The summed E-state index contributed by atoms with van der Waals surface area (Å²) < 4.78 is 5.32. The highest BCUT2D eigenvalue weighted by molar-refractivity contribution is 7.13. The fraction of sp³-hybridized carbons (Fsp3) is 0.500. The monoisotopic (exact) mass is 402 g/mol. The minimum absolute atomic E-state index is 0.0122. The van der Waals surface area contributed by atoms with Crippen molar-refractivity contribution in [1.29, 1.82) is 0 Å². The van der Waals surface area contributed by atoms with Crippen LogP contribution in [0.2, 0.25) is 0 Å². The van der Waals surface area contributed by atoms with E-state index in [2.05, 4.69) is 15.3 Å². The van der Waals surface area contributed by atoms with E-state index >= 15 is 0 Å². The average molecular weight is 403 g/mol. The van der Waals surface area contributed by atoms with Crippen molar-refractivity contribution in [3.05, 3.63) is 35.5 Å². The van der Waals surface area contributed by atoms with Gasteiger partial charge < -0.3 is 15.0 Å². The van der Waals surface area contributed by atoms with Gasteiger partial charge in [-0.2, -0.15) is 0 Å². The second kappa shape index (κ2) is 8.26. The summed E-state index contributed by atoms with van der Waals surface area (Å²) in [7, 11) is 0. The van der Waals surface area contributed by atoms with Crippen molar-refractivity contribution >= 4 is 23.3 Å². The van der Waals surface area contributed by atoms with Gasteiger partial charge >= 0.3 is 6.09 Å². The molecule has 3 heterocycles. The lowest BCUT2D eigenvalue weighted by atomic mass is 10.1. The number of nitrogens with one attached hydrogen (secondary N) is 1. The number of rotatable bonds is 4. The molecule has 1 fully saturated rings. The maximum atomic E-state index is 12.7. The van der Waals surface area contributed by atoms with Crippen molar-refractivity contribution in [2.24, 2.45) is 5.92 Å². The molecule has 2 atom stereocenters. The second-order valence-electron chi connectivity index (χ2n) is 8.06. The van der Waals surface area contributed by atoms with Crippen molar-refractivity contribution in [2.45, 2.75) is 45.8 Å². The molecule has 28 heavy (non-hydrogen) atoms. The predicted octanol–water partition coefficient (Wildman–Crippen LogP) is 3.12. The molecule has 0 aliphatic carbocycles. The van der Waals surface area contributed by atoms with Crippen LogP contribution in [0.5, 0.6) is 0 Å². The van der Waals surface area contributed by atoms with Crippen LogP contribution in [0.4, 0.5) is 4.79 Å². The van der Waals surface area contributed by atoms with Gasteiger partial charge in [0.05, 0.1) is 23.9 Å². The van der Waals surface area contributed by atoms with E-state index in [-0.39, 0.29) is 24.3 Å². The van der Waals surface area contributed by atoms with Gasteiger partial charge in [0.15, 0.2) is 0 Å². The first kappa shape index (κ1) is 20.3. The SMILES string of the molecule is C[C@@H]1CN(C(=O)Cc2csc(-c3ccccn3)n2)C[C@H]1NC(=O)OC(C)(C)C. The van der Waals surface area contributed by atoms with Crippen LogP contribution in [0.3, 0.4) is 0 Å². The Kier molecular flexibility index (Phi) is 5.98. The van der Waals surface area contributed by atoms with Gasteiger partial charge in [-0.15, -0.1) is 11.3 Å². The minimum atomic E-state index is -0.544. The van der Waals surface area contributed by atoms with Gasteiger partial charge in [0.1, 0.15) is 10.6 Å². The van der Waals surface area contributed by atoms with Crippen LogP contribution in [0.1, 0.15) is 33.4 Å². The molecule has 2 aromatic rings. The third kappa shape index (κ3) is 5.28. The molecule has 1 N–H and O–H groups in total. The van der Waals surface area contributed by atoms with E-state index in [1.165, 1.54) is 11.3 Å². The number of carbonyl (C=O) groups is 2. The topological polar surface area (TPSA) is 84.4 Å². The smallest absolute Gasteiger partial charge is 0.407 e. The van der Waals surface area contributed by atoms with Gasteiger partial charge in [0.25, 0.3) is 0 Å². The number of thiazole rings is 1. The largest absolute Gasteiger partial charge is 0.444 e. The lowest BCUT2D eigenvalue weighted by Gasteiger charge is -2.23. The van der Waals surface area contributed by atoms with Crippen LogP contribution in [0.25, 0.3) is 10.7 Å². The summed E-state index contributed by atoms with van der Waals surface area (Å²) in [6, 6.07) is 5.56. The molecule has 3 rings (SSSR count). The summed E-state index contributed by atoms with van der Waals surface area (Å²) in [6.45, 7) is 8.60. The van der Waals surface area contributed by atoms with E-state index in [1.807, 2.05) is 51.3 Å². The van der Waals surface area contributed by atoms with Crippen molar-refractivity contribution in [3.63, 3.8) is 0 Å². The number of hydrogen-bond acceptors (Lipinski definition) is 6. The van der Waals surface area contributed by atoms with Crippen molar-refractivity contribution in [3.8, 4) is 10.7 Å². The molecular weight excluding hydrogens is 376 g/mol. The van der Waals surface area contributed by atoms with E-state index in [0.717, 1.165) is 16.4 Å². The van der Waals surface area contributed by atoms with Crippen LogP contribution in [0, 0.1) is 5.92 Å². The number of nitrogens with zero attached hydrogens (tertiary/aromatic N) is 3. The van der Waals surface area contributed by atoms with Crippen LogP contribution < -0.4 is 5.32 Å². The number of likely N-dealkylation sites (tertiary alicyclic amines) is 1. The van der Waals surface area contributed by atoms with Crippen molar-refractivity contribution in [2.75, 3.05) is 13.1 Å². The zero-order valence-corrected chi connectivity index (χ0v) is 17.5. The number of aromatic nitrogens is 2. The standard InChI is InChI=1S/C20H26N4O3S/c1-13-10-24(11-16(13)23-19(26)27-20(2,3)4)17(25)9-14-12-28-18(22-14)15-7-5-6-8-21-15/h5-8,12-13,16H,9-11H2,1-4H3,(H,23,26)/t13-,16-/m1/s1. The molecule has 1 saturated heterocycles. The Hall–Kier alpha value is -2.48. The zero-order valence-electron chi connectivity index (χ0n) is 16.6. The van der Waals surface area contributed by atoms with E-state index in [4.69, 9.17) is 4.74 Å². The van der Waals surface area contributed by atoms with Gasteiger partial charge in [0.2, 0.25) is 5.91 Å². The summed E-state index contributed by atoms with van der Waals surface area (Å²) in [5.74, 6) is 0.175. The minimum Gasteiger partial charge on any atom is -0.444 e. The first-order valence-corrected chi connectivity index (χ1v) is 10.2. The number of ether oxygens (including phenoxy) is 1. The Morgan fingerprint density at radius 3 is 2.79 bits per heavy atom. The van der Waals surface area contributed by atoms with Crippen LogP contribution in [-0.2, 0) is 16.0 Å². The molecule has 0 radical (unpaired) electrons. The van der Waals surface area contributed by atoms with Crippen molar-refractivity contribution < 1.29 is 14.3 Å². The highest BCUT2D eigenvalue weighted by Gasteiger charge is 2.34. The average Bonchev–Trinajstić information content (AvgIpc) is 3.21. The summed E-state index contributed by atoms with van der Waals surface area (Å²) in [4.78, 5) is 35.3. The molecule has 0 spiro atoms. The summed E-state index contributed by atoms with van der Waals surface area (Å²) in [5, 5.41) is 5.59. The fourth-order valence-corrected chi connectivity index (χ4v) is 3.87. The van der Waals surface area contributed by atoms with E-state index in [0.29, 0.717) is 13.1 Å². The highest BCUT2D eigenvalue weighted by atomic mass is 32.1. The Balaban J connectivity index is 1.56. The Morgan fingerprint density at radius 1 is 1.32 bits per heavy atom. The van der Waals surface area contributed by atoms with Crippen molar-refractivity contribution in [1.82, 2.24) is 20.2 Å². The molecular formula is C20H26N4O3S. The molecule has 150 valence electrons. The number of hydrogen-bond donors (Lipinski definition) is 1. The third-order valence-corrected chi connectivity index (χ3v) is 5.35. The molecule has 2 aromatic heterocycles. The van der Waals surface area contributed by atoms with E-state index < -0.39 is 11.7 Å². The van der Waals surface area contributed by atoms with Crippen LogP contribution in [0.15, 0.2) is 29.8 Å². The lowest BCUT2D eigenvalue weighted by molar-refractivity contribution is -0.129. The predicted molar refractivity (Wildman–Crippen MR) is 108 cm³/mol. The first-order chi connectivity index (χ1) is 13.2. The van der Waals surface area contributed by atoms with Gasteiger partial charge in [-0.25, -0.2) is 9.78 Å². The van der Waals surface area contributed by atoms with Gasteiger partial charge in [-0.3, -0.25) is 9.78 Å². The molecule has 0 unspecified atom stereocenters. The molecule has 0 saturated carbocycles. The Labute approximate surface area is 169 Å². The number of carbonyl (C=O) groups excluding carboxylic acids is 2. The zero-order chi connectivity index (χ0) is 20.3. The Morgan fingerprint density at radius 2 is 2.11 bits per heavy atom. The maximum absolute atomic E-state index is 12.7. The fourth-order valence-electron chi connectivity index (χ4n) is 3.08. The van der Waals surface area contributed by atoms with Gasteiger partial charge in [-0.05, 0) is 38.8 Å². The quantitative estimate of drug-likeness (QED) is 0.849. The third-order valence-electron chi connectivity index (χ3n) is 4.44. The summed E-state index contributed by atoms with van der Waals surface area (Å²) in [5.41, 5.74) is 1.01. The lowest BCUT2D eigenvalue weighted by Crippen LogP contribution is -2.43. The van der Waals surface area contributed by atoms with Gasteiger partial charge in [0, 0.05) is 24.7 Å². The molecule has 2 amide bonds. The molecule has 1 aliphatic heterocycles. The summed E-state index contributed by atoms with van der Waals surface area (Å²) >= 11 is 1.48. The molecule has 1 aliphatic rings. The molecule has 0 bridgehead atoms. The van der Waals surface area contributed by atoms with E-state index in [1.54, 1.807) is 11.1 Å². The van der Waals surface area contributed by atoms with E-state index in [9.17, 15) is 9.59 Å². The van der Waals surface area contributed by atoms with Crippen LogP contribution in [-0.4, -0.2) is 51.6 Å². The molecule has 0 aromatic carbocycles. The first-order valence-electron chi connectivity index (χ1n) is 9.34. The maximum Gasteiger partial charge on any atom is 0.407 e. The second-order valence-corrected chi connectivity index (χ2v) is 8.92. The number of pyridine rings is 1. The summed E-state index contributed by atoms with van der Waals surface area (Å²) in [6.07, 6.45) is 1.53. The van der Waals surface area contributed by atoms with Crippen LogP contribution >= 0.6 is 11.3 Å². The number of alkyl carbamates (subject to hydrolysis) is 1.